The number of imide groups is 1. The van der Waals surface area contributed by atoms with Crippen molar-refractivity contribution in [3.8, 4) is 17.2 Å². The van der Waals surface area contributed by atoms with Gasteiger partial charge in [0.2, 0.25) is 0 Å². The van der Waals surface area contributed by atoms with E-state index in [0.29, 0.717) is 34.6 Å². The molecule has 0 spiro atoms. The number of halogens is 1. The van der Waals surface area contributed by atoms with Gasteiger partial charge in [-0.3, -0.25) is 14.5 Å². The Morgan fingerprint density at radius 1 is 0.919 bits per heavy atom. The van der Waals surface area contributed by atoms with Crippen LogP contribution in [0.2, 0.25) is 5.02 Å². The normalized spacial score (nSPS) is 14.4. The van der Waals surface area contributed by atoms with Crippen molar-refractivity contribution in [3.05, 3.63) is 92.8 Å². The van der Waals surface area contributed by atoms with Crippen LogP contribution in [0.25, 0.3) is 6.08 Å². The number of amides is 2. The Labute approximate surface area is 226 Å². The van der Waals surface area contributed by atoms with E-state index in [1.807, 2.05) is 69.3 Å². The van der Waals surface area contributed by atoms with Crippen LogP contribution in [0.5, 0.6) is 17.2 Å². The number of carbonyl (C=O) groups is 2. The molecule has 1 saturated heterocycles. The molecule has 6 nitrogen and oxygen atoms in total. The monoisotopic (exact) mass is 537 g/mol. The van der Waals surface area contributed by atoms with Gasteiger partial charge in [-0.15, -0.1) is 0 Å². The molecule has 192 valence electrons. The molecule has 37 heavy (non-hydrogen) atoms. The number of aryl methyl sites for hydroxylation is 2. The molecule has 0 unspecified atom stereocenters. The lowest BCUT2D eigenvalue weighted by molar-refractivity contribution is -0.123. The highest BCUT2D eigenvalue weighted by Gasteiger charge is 2.34. The maximum absolute atomic E-state index is 12.9. The molecule has 3 aromatic carbocycles. The molecule has 0 atom stereocenters. The van der Waals surface area contributed by atoms with Crippen LogP contribution in [0, 0.1) is 13.8 Å². The molecular formula is C29H28ClNO5S. The van der Waals surface area contributed by atoms with Crippen LogP contribution in [0.15, 0.2) is 65.6 Å². The molecule has 3 aromatic rings. The highest BCUT2D eigenvalue weighted by atomic mass is 35.5. The Balaban J connectivity index is 1.43. The number of benzene rings is 3. The molecular weight excluding hydrogens is 510 g/mol. The summed E-state index contributed by atoms with van der Waals surface area (Å²) in [6.07, 6.45) is 1.69. The molecule has 1 fully saturated rings. The molecule has 2 amide bonds. The number of ether oxygens (including phenoxy) is 3. The second kappa shape index (κ2) is 12.2. The summed E-state index contributed by atoms with van der Waals surface area (Å²) in [5.74, 6) is 1.53. The van der Waals surface area contributed by atoms with Crippen molar-refractivity contribution in [1.82, 2.24) is 4.90 Å². The van der Waals surface area contributed by atoms with Gasteiger partial charge in [-0.1, -0.05) is 48.0 Å². The molecule has 0 aliphatic carbocycles. The van der Waals surface area contributed by atoms with Gasteiger partial charge in [-0.2, -0.15) is 0 Å². The van der Waals surface area contributed by atoms with Gasteiger partial charge in [-0.25, -0.2) is 0 Å². The SMILES string of the molecule is CCOc1cc(/C=C2\SC(=O)N(CCOc3cc(C)ccc3C)C2=O)ccc1OCc1ccccc1Cl. The summed E-state index contributed by atoms with van der Waals surface area (Å²) in [5.41, 5.74) is 3.68. The zero-order chi connectivity index (χ0) is 26.4. The Morgan fingerprint density at radius 3 is 2.51 bits per heavy atom. The Hall–Kier alpha value is -3.42. The van der Waals surface area contributed by atoms with Gasteiger partial charge in [0.05, 0.1) is 18.1 Å². The quantitative estimate of drug-likeness (QED) is 0.258. The van der Waals surface area contributed by atoms with Gasteiger partial charge < -0.3 is 14.2 Å². The molecule has 0 radical (unpaired) electrons. The van der Waals surface area contributed by atoms with E-state index in [1.54, 1.807) is 18.2 Å². The van der Waals surface area contributed by atoms with Crippen molar-refractivity contribution in [1.29, 1.82) is 0 Å². The van der Waals surface area contributed by atoms with Gasteiger partial charge >= 0.3 is 0 Å². The minimum Gasteiger partial charge on any atom is -0.491 e. The smallest absolute Gasteiger partial charge is 0.293 e. The second-order valence-electron chi connectivity index (χ2n) is 8.47. The van der Waals surface area contributed by atoms with Crippen LogP contribution in [0.3, 0.4) is 0 Å². The fourth-order valence-corrected chi connectivity index (χ4v) is 4.78. The average molecular weight is 538 g/mol. The fourth-order valence-electron chi connectivity index (χ4n) is 3.73. The number of nitrogens with zero attached hydrogens (tertiary/aromatic N) is 1. The lowest BCUT2D eigenvalue weighted by Crippen LogP contribution is -2.32. The van der Waals surface area contributed by atoms with Crippen LogP contribution in [0.4, 0.5) is 4.79 Å². The molecule has 4 rings (SSSR count). The largest absolute Gasteiger partial charge is 0.491 e. The third-order valence-electron chi connectivity index (χ3n) is 5.70. The molecule has 1 aliphatic heterocycles. The van der Waals surface area contributed by atoms with Gasteiger partial charge in [0, 0.05) is 10.6 Å². The van der Waals surface area contributed by atoms with Crippen LogP contribution in [-0.2, 0) is 11.4 Å². The Bertz CT molecular complexity index is 1340. The van der Waals surface area contributed by atoms with E-state index >= 15 is 0 Å². The first-order chi connectivity index (χ1) is 17.9. The summed E-state index contributed by atoms with van der Waals surface area (Å²) in [7, 11) is 0. The summed E-state index contributed by atoms with van der Waals surface area (Å²) >= 11 is 7.15. The molecule has 0 saturated carbocycles. The molecule has 1 aliphatic rings. The zero-order valence-electron chi connectivity index (χ0n) is 21.0. The first-order valence-electron chi connectivity index (χ1n) is 11.9. The highest BCUT2D eigenvalue weighted by molar-refractivity contribution is 8.18. The topological polar surface area (TPSA) is 65.1 Å². The van der Waals surface area contributed by atoms with Gasteiger partial charge in [0.1, 0.15) is 19.0 Å². The summed E-state index contributed by atoms with van der Waals surface area (Å²) < 4.78 is 17.6. The Kier molecular flexibility index (Phi) is 8.79. The highest BCUT2D eigenvalue weighted by Crippen LogP contribution is 2.35. The summed E-state index contributed by atoms with van der Waals surface area (Å²) in [6, 6.07) is 18.8. The van der Waals surface area contributed by atoms with E-state index in [4.69, 9.17) is 25.8 Å². The van der Waals surface area contributed by atoms with Gasteiger partial charge in [0.15, 0.2) is 11.5 Å². The minimum atomic E-state index is -0.337. The van der Waals surface area contributed by atoms with Crippen molar-refractivity contribution in [3.63, 3.8) is 0 Å². The molecule has 1 heterocycles. The van der Waals surface area contributed by atoms with E-state index in [1.165, 1.54) is 4.90 Å². The number of carbonyl (C=O) groups excluding carboxylic acids is 2. The van der Waals surface area contributed by atoms with E-state index in [2.05, 4.69) is 0 Å². The average Bonchev–Trinajstić information content (AvgIpc) is 3.14. The maximum atomic E-state index is 12.9. The van der Waals surface area contributed by atoms with Crippen molar-refractivity contribution >= 4 is 40.6 Å². The molecule has 8 heteroatoms. The summed E-state index contributed by atoms with van der Waals surface area (Å²) in [4.78, 5) is 27.0. The Morgan fingerprint density at radius 2 is 1.73 bits per heavy atom. The first kappa shape index (κ1) is 26.6. The van der Waals surface area contributed by atoms with Crippen LogP contribution >= 0.6 is 23.4 Å². The lowest BCUT2D eigenvalue weighted by atomic mass is 10.1. The third-order valence-corrected chi connectivity index (χ3v) is 6.97. The lowest BCUT2D eigenvalue weighted by Gasteiger charge is -2.15. The van der Waals surface area contributed by atoms with E-state index in [0.717, 1.165) is 39.8 Å². The maximum Gasteiger partial charge on any atom is 0.293 e. The second-order valence-corrected chi connectivity index (χ2v) is 9.87. The molecule has 0 N–H and O–H groups in total. The number of thioether (sulfide) groups is 1. The number of hydrogen-bond donors (Lipinski definition) is 0. The summed E-state index contributed by atoms with van der Waals surface area (Å²) in [6.45, 7) is 6.97. The predicted octanol–water partition coefficient (Wildman–Crippen LogP) is 7.05. The molecule has 0 bridgehead atoms. The predicted molar refractivity (Wildman–Crippen MR) is 147 cm³/mol. The fraction of sp³-hybridized carbons (Fsp3) is 0.241. The van der Waals surface area contributed by atoms with Crippen LogP contribution < -0.4 is 14.2 Å². The van der Waals surface area contributed by atoms with Crippen molar-refractivity contribution in [2.24, 2.45) is 0 Å². The van der Waals surface area contributed by atoms with E-state index in [-0.39, 0.29) is 24.3 Å². The third kappa shape index (κ3) is 6.67. The summed E-state index contributed by atoms with van der Waals surface area (Å²) in [5, 5.41) is 0.317. The van der Waals surface area contributed by atoms with Gasteiger partial charge in [-0.05, 0) is 79.6 Å². The van der Waals surface area contributed by atoms with Gasteiger partial charge in [0.25, 0.3) is 11.1 Å². The number of rotatable bonds is 10. The first-order valence-corrected chi connectivity index (χ1v) is 13.1. The van der Waals surface area contributed by atoms with E-state index in [9.17, 15) is 9.59 Å². The van der Waals surface area contributed by atoms with Crippen molar-refractivity contribution < 1.29 is 23.8 Å². The minimum absolute atomic E-state index is 0.175. The number of hydrogen-bond acceptors (Lipinski definition) is 6. The molecule has 0 aromatic heterocycles. The van der Waals surface area contributed by atoms with Crippen molar-refractivity contribution in [2.75, 3.05) is 19.8 Å². The van der Waals surface area contributed by atoms with Crippen LogP contribution in [0.1, 0.15) is 29.2 Å². The standard InChI is InChI=1S/C29H28ClNO5S/c1-4-34-26-16-21(11-12-24(26)36-18-22-7-5-6-8-23(22)30)17-27-28(32)31(29(33)37-27)13-14-35-25-15-19(2)9-10-20(25)3/h5-12,15-17H,4,13-14,18H2,1-3H3/b27-17-. The van der Waals surface area contributed by atoms with Crippen molar-refractivity contribution in [2.45, 2.75) is 27.4 Å². The zero-order valence-corrected chi connectivity index (χ0v) is 22.5. The van der Waals surface area contributed by atoms with Crippen LogP contribution in [-0.4, -0.2) is 35.8 Å². The van der Waals surface area contributed by atoms with E-state index < -0.39 is 0 Å².